The van der Waals surface area contributed by atoms with Crippen LogP contribution in [0.5, 0.6) is 0 Å². The quantitative estimate of drug-likeness (QED) is 0.255. The zero-order chi connectivity index (χ0) is 25.7. The van der Waals surface area contributed by atoms with Crippen molar-refractivity contribution in [2.24, 2.45) is 0 Å². The van der Waals surface area contributed by atoms with Gasteiger partial charge in [0.2, 0.25) is 0 Å². The van der Waals surface area contributed by atoms with Crippen LogP contribution in [0.3, 0.4) is 0 Å². The number of benzene rings is 2. The molecule has 190 valence electrons. The van der Waals surface area contributed by atoms with E-state index in [0.717, 1.165) is 43.2 Å². The van der Waals surface area contributed by atoms with Gasteiger partial charge in [0.05, 0.1) is 23.3 Å². The standard InChI is InChI=1S/C26H29N3O4S3/c1-17-9-7-8-11-21(17)29-36(31,32)19-15-13-18(14-16-19)27-26(34)28-24-23(25(30)33-2)20-10-5-3-4-6-12-22(20)35-24/h7-9,11,13-16,29H,3-6,10,12H2,1-2H3,(H2,27,28,34). The van der Waals surface area contributed by atoms with Crippen LogP contribution in [-0.4, -0.2) is 26.6 Å². The molecule has 0 aliphatic heterocycles. The molecule has 0 saturated heterocycles. The van der Waals surface area contributed by atoms with E-state index in [2.05, 4.69) is 15.4 Å². The van der Waals surface area contributed by atoms with Crippen LogP contribution in [0.4, 0.5) is 16.4 Å². The number of para-hydroxylation sites is 1. The number of fused-ring (bicyclic) bond motifs is 1. The first-order valence-corrected chi connectivity index (χ1v) is 14.5. The summed E-state index contributed by atoms with van der Waals surface area (Å²) in [5.41, 5.74) is 3.62. The van der Waals surface area contributed by atoms with Gasteiger partial charge in [-0.25, -0.2) is 13.2 Å². The number of nitrogens with one attached hydrogen (secondary N) is 3. The smallest absolute Gasteiger partial charge is 0.341 e. The van der Waals surface area contributed by atoms with Gasteiger partial charge >= 0.3 is 5.97 Å². The van der Waals surface area contributed by atoms with Gasteiger partial charge in [-0.3, -0.25) is 4.72 Å². The van der Waals surface area contributed by atoms with Gasteiger partial charge < -0.3 is 15.4 Å². The number of esters is 1. The third kappa shape index (κ3) is 6.05. The van der Waals surface area contributed by atoms with Gasteiger partial charge in [0.1, 0.15) is 5.00 Å². The van der Waals surface area contributed by atoms with E-state index in [-0.39, 0.29) is 10.9 Å². The number of anilines is 3. The number of rotatable bonds is 6. The lowest BCUT2D eigenvalue weighted by Crippen LogP contribution is -2.20. The van der Waals surface area contributed by atoms with Gasteiger partial charge in [-0.2, -0.15) is 0 Å². The molecule has 0 radical (unpaired) electrons. The molecule has 0 bridgehead atoms. The second-order valence-corrected chi connectivity index (χ2v) is 11.8. The van der Waals surface area contributed by atoms with E-state index in [9.17, 15) is 13.2 Å². The van der Waals surface area contributed by atoms with Crippen molar-refractivity contribution in [3.05, 3.63) is 70.1 Å². The summed E-state index contributed by atoms with van der Waals surface area (Å²) < 4.78 is 33.3. The molecule has 0 amide bonds. The van der Waals surface area contributed by atoms with Crippen molar-refractivity contribution < 1.29 is 17.9 Å². The molecule has 1 heterocycles. The lowest BCUT2D eigenvalue weighted by atomic mass is 9.96. The van der Waals surface area contributed by atoms with E-state index < -0.39 is 10.0 Å². The number of sulfonamides is 1. The molecule has 10 heteroatoms. The first-order valence-electron chi connectivity index (χ1n) is 11.8. The lowest BCUT2D eigenvalue weighted by Gasteiger charge is -2.13. The highest BCUT2D eigenvalue weighted by atomic mass is 32.2. The third-order valence-electron chi connectivity index (χ3n) is 6.10. The van der Waals surface area contributed by atoms with Gasteiger partial charge in [0.15, 0.2) is 5.11 Å². The fourth-order valence-electron chi connectivity index (χ4n) is 4.20. The van der Waals surface area contributed by atoms with Crippen LogP contribution in [0.2, 0.25) is 0 Å². The van der Waals surface area contributed by atoms with Gasteiger partial charge in [-0.15, -0.1) is 11.3 Å². The molecule has 0 fully saturated rings. The van der Waals surface area contributed by atoms with Crippen LogP contribution in [0.1, 0.15) is 52.0 Å². The maximum atomic E-state index is 12.8. The normalized spacial score (nSPS) is 13.6. The highest BCUT2D eigenvalue weighted by Crippen LogP contribution is 2.37. The van der Waals surface area contributed by atoms with Crippen LogP contribution in [0.15, 0.2) is 53.4 Å². The van der Waals surface area contributed by atoms with E-state index in [4.69, 9.17) is 17.0 Å². The lowest BCUT2D eigenvalue weighted by molar-refractivity contribution is 0.0601. The highest BCUT2D eigenvalue weighted by Gasteiger charge is 2.25. The van der Waals surface area contributed by atoms with Crippen molar-refractivity contribution in [2.45, 2.75) is 50.3 Å². The van der Waals surface area contributed by atoms with E-state index in [1.807, 2.05) is 19.1 Å². The zero-order valence-corrected chi connectivity index (χ0v) is 22.7. The van der Waals surface area contributed by atoms with Crippen molar-refractivity contribution in [3.8, 4) is 0 Å². The molecule has 3 aromatic rings. The number of hydrogen-bond acceptors (Lipinski definition) is 6. The Morgan fingerprint density at radius 2 is 1.67 bits per heavy atom. The van der Waals surface area contributed by atoms with Crippen molar-refractivity contribution in [3.63, 3.8) is 0 Å². The molecule has 1 aliphatic carbocycles. The molecular weight excluding hydrogens is 515 g/mol. The van der Waals surface area contributed by atoms with Crippen molar-refractivity contribution >= 4 is 61.0 Å². The summed E-state index contributed by atoms with van der Waals surface area (Å²) in [6.45, 7) is 1.84. The summed E-state index contributed by atoms with van der Waals surface area (Å²) in [4.78, 5) is 14.0. The first kappa shape index (κ1) is 26.1. The maximum absolute atomic E-state index is 12.8. The van der Waals surface area contributed by atoms with E-state index >= 15 is 0 Å². The van der Waals surface area contributed by atoms with Gasteiger partial charge in [-0.1, -0.05) is 31.0 Å². The molecule has 0 atom stereocenters. The molecule has 1 aromatic heterocycles. The molecule has 1 aliphatic rings. The molecule has 0 spiro atoms. The number of thiophene rings is 1. The van der Waals surface area contributed by atoms with Crippen LogP contribution in [0, 0.1) is 6.92 Å². The Balaban J connectivity index is 1.47. The molecule has 7 nitrogen and oxygen atoms in total. The average molecular weight is 544 g/mol. The fourth-order valence-corrected chi connectivity index (χ4v) is 6.90. The van der Waals surface area contributed by atoms with Crippen LogP contribution < -0.4 is 15.4 Å². The number of ether oxygens (including phenoxy) is 1. The van der Waals surface area contributed by atoms with E-state index in [1.54, 1.807) is 35.6 Å². The van der Waals surface area contributed by atoms with Crippen molar-refractivity contribution in [1.82, 2.24) is 0 Å². The maximum Gasteiger partial charge on any atom is 0.341 e. The van der Waals surface area contributed by atoms with Crippen molar-refractivity contribution in [2.75, 3.05) is 22.5 Å². The summed E-state index contributed by atoms with van der Waals surface area (Å²) in [5, 5.41) is 7.22. The predicted octanol–water partition coefficient (Wildman–Crippen LogP) is 6.11. The summed E-state index contributed by atoms with van der Waals surface area (Å²) in [5.74, 6) is -0.367. The Morgan fingerprint density at radius 1 is 0.972 bits per heavy atom. The largest absolute Gasteiger partial charge is 0.465 e. The second-order valence-electron chi connectivity index (χ2n) is 8.64. The number of carbonyl (C=O) groups is 1. The van der Waals surface area contributed by atoms with Gasteiger partial charge in [-0.05, 0) is 86.3 Å². The van der Waals surface area contributed by atoms with Crippen molar-refractivity contribution in [1.29, 1.82) is 0 Å². The molecule has 0 saturated carbocycles. The van der Waals surface area contributed by atoms with Gasteiger partial charge in [0.25, 0.3) is 10.0 Å². The summed E-state index contributed by atoms with van der Waals surface area (Å²) in [6, 6.07) is 13.5. The minimum Gasteiger partial charge on any atom is -0.465 e. The Kier molecular flexibility index (Phi) is 8.28. The molecule has 0 unspecified atom stereocenters. The average Bonchev–Trinajstić information content (AvgIpc) is 3.15. The van der Waals surface area contributed by atoms with E-state index in [1.165, 1.54) is 30.5 Å². The van der Waals surface area contributed by atoms with E-state index in [0.29, 0.717) is 27.1 Å². The number of thiocarbonyl (C=S) groups is 1. The molecular formula is C26H29N3O4S3. The predicted molar refractivity (Wildman–Crippen MR) is 150 cm³/mol. The minimum absolute atomic E-state index is 0.140. The molecule has 2 aromatic carbocycles. The number of carbonyl (C=O) groups excluding carboxylic acids is 1. The summed E-state index contributed by atoms with van der Waals surface area (Å²) >= 11 is 7.05. The summed E-state index contributed by atoms with van der Waals surface area (Å²) in [7, 11) is -2.34. The van der Waals surface area contributed by atoms with Crippen LogP contribution in [-0.2, 0) is 27.6 Å². The monoisotopic (exact) mass is 543 g/mol. The zero-order valence-electron chi connectivity index (χ0n) is 20.2. The fraction of sp³-hybridized carbons (Fsp3) is 0.308. The number of aryl methyl sites for hydroxylation is 2. The van der Waals surface area contributed by atoms with Gasteiger partial charge in [0, 0.05) is 10.6 Å². The van der Waals surface area contributed by atoms with Crippen LogP contribution >= 0.6 is 23.6 Å². The second kappa shape index (κ2) is 11.4. The Labute approximate surface area is 221 Å². The molecule has 4 rings (SSSR count). The number of methoxy groups -OCH3 is 1. The Morgan fingerprint density at radius 3 is 2.36 bits per heavy atom. The topological polar surface area (TPSA) is 96.5 Å². The third-order valence-corrected chi connectivity index (χ3v) is 8.89. The molecule has 3 N–H and O–H groups in total. The highest BCUT2D eigenvalue weighted by molar-refractivity contribution is 7.92. The Hall–Kier alpha value is -2.95. The first-order chi connectivity index (χ1) is 17.3. The number of hydrogen-bond donors (Lipinski definition) is 3. The minimum atomic E-state index is -3.73. The summed E-state index contributed by atoms with van der Waals surface area (Å²) in [6.07, 6.45) is 6.29. The SMILES string of the molecule is COC(=O)c1c(NC(=S)Nc2ccc(S(=O)(=O)Nc3ccccc3C)cc2)sc2c1CCCCCC2. The Bertz CT molecular complexity index is 1370. The van der Waals surface area contributed by atoms with Crippen LogP contribution in [0.25, 0.3) is 0 Å². The molecule has 36 heavy (non-hydrogen) atoms.